The van der Waals surface area contributed by atoms with Crippen molar-refractivity contribution in [3.8, 4) is 11.6 Å². The van der Waals surface area contributed by atoms with Crippen LogP contribution in [0.1, 0.15) is 6.42 Å². The Morgan fingerprint density at radius 2 is 1.85 bits per heavy atom. The second-order valence-corrected chi connectivity index (χ2v) is 7.97. The highest BCUT2D eigenvalue weighted by atomic mass is 16.5. The molecule has 34 heavy (non-hydrogen) atoms. The third kappa shape index (κ3) is 3.91. The molecule has 3 heterocycles. The van der Waals surface area contributed by atoms with E-state index >= 15 is 0 Å². The first kappa shape index (κ1) is 21.4. The first-order valence-electron chi connectivity index (χ1n) is 10.8. The monoisotopic (exact) mass is 461 g/mol. The first-order chi connectivity index (χ1) is 16.5. The van der Waals surface area contributed by atoms with Gasteiger partial charge >= 0.3 is 6.03 Å². The van der Waals surface area contributed by atoms with Crippen molar-refractivity contribution >= 4 is 34.5 Å². The molecule has 2 aliphatic heterocycles. The van der Waals surface area contributed by atoms with E-state index in [1.54, 1.807) is 11.9 Å². The summed E-state index contributed by atoms with van der Waals surface area (Å²) in [5, 5.41) is 21.8. The number of urea groups is 1. The number of benzene rings is 2. The lowest BCUT2D eigenvalue weighted by molar-refractivity contribution is -0.127. The molecule has 2 unspecified atom stereocenters. The number of likely N-dealkylation sites (N-methyl/N-ethyl adjacent to an activating group) is 1. The van der Waals surface area contributed by atoms with Gasteiger partial charge in [0.2, 0.25) is 11.8 Å². The van der Waals surface area contributed by atoms with Gasteiger partial charge in [-0.1, -0.05) is 36.4 Å². The second kappa shape index (κ2) is 8.85. The number of para-hydroxylation sites is 2. The quantitative estimate of drug-likeness (QED) is 0.383. The molecule has 3 N–H and O–H groups in total. The molecule has 0 bridgehead atoms. The molecule has 0 radical (unpaired) electrons. The number of H-pyrrole nitrogens is 1. The maximum Gasteiger partial charge on any atom is 0.325 e. The molecule has 5 rings (SSSR count). The largest absolute Gasteiger partial charge is 0.494 e. The minimum Gasteiger partial charge on any atom is -0.494 e. The predicted octanol–water partition coefficient (Wildman–Crippen LogP) is 2.97. The molecule has 11 heteroatoms. The number of hydrogen-bond acceptors (Lipinski definition) is 8. The fourth-order valence-corrected chi connectivity index (χ4v) is 4.08. The average molecular weight is 461 g/mol. The molecule has 174 valence electrons. The van der Waals surface area contributed by atoms with E-state index in [1.807, 2.05) is 54.6 Å². The lowest BCUT2D eigenvalue weighted by atomic mass is 10.1. The predicted molar refractivity (Wildman–Crippen MR) is 124 cm³/mol. The molecule has 11 nitrogen and oxygen atoms in total. The van der Waals surface area contributed by atoms with Crippen molar-refractivity contribution < 1.29 is 19.4 Å². The topological polar surface area (TPSA) is 135 Å². The highest BCUT2D eigenvalue weighted by Gasteiger charge is 2.48. The number of aromatic hydroxyl groups is 1. The molecule has 3 aromatic rings. The van der Waals surface area contributed by atoms with Gasteiger partial charge in [0.15, 0.2) is 17.9 Å². The zero-order chi connectivity index (χ0) is 23.7. The van der Waals surface area contributed by atoms with Crippen LogP contribution in [0.25, 0.3) is 10.9 Å². The van der Waals surface area contributed by atoms with E-state index in [9.17, 15) is 14.7 Å². The number of rotatable bonds is 6. The summed E-state index contributed by atoms with van der Waals surface area (Å²) in [5.41, 5.74) is 0.991. The maximum atomic E-state index is 12.7. The van der Waals surface area contributed by atoms with E-state index in [0.29, 0.717) is 25.0 Å². The van der Waals surface area contributed by atoms with E-state index in [0.717, 1.165) is 11.3 Å². The number of aromatic amines is 1. The van der Waals surface area contributed by atoms with Gasteiger partial charge in [-0.15, -0.1) is 10.2 Å². The van der Waals surface area contributed by atoms with Gasteiger partial charge in [-0.25, -0.2) is 9.79 Å². The number of aromatic nitrogens is 1. The number of fused-ring (bicyclic) bond motifs is 2. The number of nitrogens with zero attached hydrogens (tertiary/aromatic N) is 5. The number of nitrogens with one attached hydrogen (secondary N) is 2. The van der Waals surface area contributed by atoms with Gasteiger partial charge in [0.05, 0.1) is 12.1 Å². The first-order valence-corrected chi connectivity index (χ1v) is 10.8. The molecule has 1 saturated heterocycles. The van der Waals surface area contributed by atoms with E-state index in [-0.39, 0.29) is 17.5 Å². The Hall–Kier alpha value is -4.41. The Morgan fingerprint density at radius 1 is 1.09 bits per heavy atom. The Morgan fingerprint density at radius 3 is 2.68 bits per heavy atom. The molecule has 0 aliphatic carbocycles. The lowest BCUT2D eigenvalue weighted by Crippen LogP contribution is -2.63. The fourth-order valence-electron chi connectivity index (χ4n) is 4.08. The molecular weight excluding hydrogens is 438 g/mol. The summed E-state index contributed by atoms with van der Waals surface area (Å²) in [4.78, 5) is 35.2. The van der Waals surface area contributed by atoms with Crippen LogP contribution >= 0.6 is 0 Å². The summed E-state index contributed by atoms with van der Waals surface area (Å²) in [5.74, 6) is 0.400. The molecule has 2 aliphatic rings. The maximum absolute atomic E-state index is 12.7. The molecule has 3 amide bonds. The van der Waals surface area contributed by atoms with Crippen molar-refractivity contribution in [2.24, 2.45) is 15.2 Å². The smallest absolute Gasteiger partial charge is 0.325 e. The van der Waals surface area contributed by atoms with Crippen LogP contribution < -0.4 is 10.1 Å². The zero-order valence-electron chi connectivity index (χ0n) is 18.4. The second-order valence-electron chi connectivity index (χ2n) is 7.97. The summed E-state index contributed by atoms with van der Waals surface area (Å²) in [6, 6.07) is 15.5. The fraction of sp³-hybridized carbons (Fsp3) is 0.261. The lowest BCUT2D eigenvalue weighted by Gasteiger charge is -2.35. The highest BCUT2D eigenvalue weighted by molar-refractivity contribution is 6.04. The van der Waals surface area contributed by atoms with Crippen LogP contribution in [0, 0.1) is 0 Å². The molecule has 1 fully saturated rings. The number of ether oxygens (including phenoxy) is 1. The van der Waals surface area contributed by atoms with Gasteiger partial charge in [-0.3, -0.25) is 10.1 Å². The summed E-state index contributed by atoms with van der Waals surface area (Å²) >= 11 is 0. The van der Waals surface area contributed by atoms with Gasteiger partial charge in [-0.2, -0.15) is 0 Å². The van der Waals surface area contributed by atoms with Crippen molar-refractivity contribution in [2.75, 3.05) is 20.2 Å². The van der Waals surface area contributed by atoms with Crippen LogP contribution in [0.3, 0.4) is 0 Å². The number of aliphatic imine (C=N–C) groups is 1. The Balaban J connectivity index is 1.38. The van der Waals surface area contributed by atoms with Gasteiger partial charge in [0.25, 0.3) is 5.91 Å². The minimum atomic E-state index is -0.732. The number of amides is 3. The molecule has 0 saturated carbocycles. The molecule has 2 atom stereocenters. The van der Waals surface area contributed by atoms with E-state index in [1.165, 1.54) is 4.90 Å². The third-order valence-electron chi connectivity index (χ3n) is 5.79. The standard InChI is InChI=1S/C23H23N7O4/c1-29-19-18(21(32)26-23(29)33)30(12-7-13-34-14-8-3-2-4-9-14)22(25-19)28-27-17-15-10-5-6-11-16(15)24-20(17)31/h2-6,8-11,18-19,24,31H,7,12-13H2,1H3,(H,26,32,33). The average Bonchev–Trinajstić information content (AvgIpc) is 3.37. The Kier molecular flexibility index (Phi) is 5.58. The van der Waals surface area contributed by atoms with Crippen molar-refractivity contribution in [3.63, 3.8) is 0 Å². The van der Waals surface area contributed by atoms with Crippen LogP contribution in [0.2, 0.25) is 0 Å². The van der Waals surface area contributed by atoms with Crippen LogP contribution in [0.5, 0.6) is 11.6 Å². The van der Waals surface area contributed by atoms with E-state index < -0.39 is 24.1 Å². The number of guanidine groups is 1. The Labute approximate surface area is 194 Å². The summed E-state index contributed by atoms with van der Waals surface area (Å²) in [7, 11) is 1.57. The van der Waals surface area contributed by atoms with Crippen molar-refractivity contribution in [1.82, 2.24) is 20.1 Å². The number of carbonyl (C=O) groups is 2. The molecule has 1 aromatic heterocycles. The summed E-state index contributed by atoms with van der Waals surface area (Å²) in [6.07, 6.45) is -0.141. The van der Waals surface area contributed by atoms with Gasteiger partial charge in [0.1, 0.15) is 5.75 Å². The number of carbonyl (C=O) groups excluding carboxylic acids is 2. The molecule has 0 spiro atoms. The highest BCUT2D eigenvalue weighted by Crippen LogP contribution is 2.35. The normalized spacial score (nSPS) is 20.1. The van der Waals surface area contributed by atoms with E-state index in [2.05, 4.69) is 25.5 Å². The molecule has 2 aromatic carbocycles. The molecular formula is C23H23N7O4. The Bertz CT molecular complexity index is 1290. The SMILES string of the molecule is CN1C(=O)NC(=O)C2C1N=C(N=Nc1c(O)[nH]c3ccccc13)N2CCCOc1ccccc1. The number of hydrogen-bond donors (Lipinski definition) is 3. The van der Waals surface area contributed by atoms with Crippen LogP contribution in [-0.4, -0.2) is 70.2 Å². The van der Waals surface area contributed by atoms with Gasteiger partial charge < -0.3 is 24.6 Å². The number of imide groups is 1. The van der Waals surface area contributed by atoms with Crippen LogP contribution in [-0.2, 0) is 4.79 Å². The van der Waals surface area contributed by atoms with Crippen LogP contribution in [0.15, 0.2) is 69.8 Å². The van der Waals surface area contributed by atoms with Crippen molar-refractivity contribution in [2.45, 2.75) is 18.6 Å². The van der Waals surface area contributed by atoms with Gasteiger partial charge in [0, 0.05) is 19.0 Å². The minimum absolute atomic E-state index is 0.117. The summed E-state index contributed by atoms with van der Waals surface area (Å²) in [6.45, 7) is 0.823. The van der Waals surface area contributed by atoms with Crippen molar-refractivity contribution in [1.29, 1.82) is 0 Å². The summed E-state index contributed by atoms with van der Waals surface area (Å²) < 4.78 is 5.76. The van der Waals surface area contributed by atoms with E-state index in [4.69, 9.17) is 4.74 Å². The third-order valence-corrected chi connectivity index (χ3v) is 5.79. The number of azo groups is 1. The zero-order valence-corrected chi connectivity index (χ0v) is 18.4. The van der Waals surface area contributed by atoms with Crippen LogP contribution in [0.4, 0.5) is 10.5 Å². The van der Waals surface area contributed by atoms with Crippen molar-refractivity contribution in [3.05, 3.63) is 54.6 Å². The van der Waals surface area contributed by atoms with Gasteiger partial charge in [-0.05, 0) is 24.6 Å².